The molecule has 2 N–H and O–H groups in total. The fraction of sp³-hybridized carbons (Fsp3) is 0.308. The zero-order chi connectivity index (χ0) is 14.7. The predicted molar refractivity (Wildman–Crippen MR) is 72.7 cm³/mol. The summed E-state index contributed by atoms with van der Waals surface area (Å²) in [6.45, 7) is 0. The van der Waals surface area contributed by atoms with Crippen molar-refractivity contribution in [3.8, 4) is 0 Å². The Balaban J connectivity index is 2.08. The fourth-order valence-corrected chi connectivity index (χ4v) is 2.24. The Morgan fingerprint density at radius 2 is 2.20 bits per heavy atom. The normalized spacial score (nSPS) is 18.6. The van der Waals surface area contributed by atoms with Crippen molar-refractivity contribution in [2.75, 3.05) is 0 Å². The summed E-state index contributed by atoms with van der Waals surface area (Å²) in [5.74, 6) is -2.25. The average Bonchev–Trinajstić information content (AvgIpc) is 2.41. The number of amides is 3. The van der Waals surface area contributed by atoms with Crippen LogP contribution < -0.4 is 10.6 Å². The molecule has 1 aliphatic heterocycles. The van der Waals surface area contributed by atoms with Crippen LogP contribution in [0.5, 0.6) is 0 Å². The number of alkyl halides is 1. The Bertz CT molecular complexity index is 577. The molecule has 20 heavy (non-hydrogen) atoms. The van der Waals surface area contributed by atoms with Gasteiger partial charge in [0.2, 0.25) is 11.8 Å². The van der Waals surface area contributed by atoms with Crippen LogP contribution in [-0.4, -0.2) is 23.8 Å². The van der Waals surface area contributed by atoms with Crippen LogP contribution in [-0.2, 0) is 14.9 Å². The molecule has 1 aromatic carbocycles. The van der Waals surface area contributed by atoms with Crippen LogP contribution in [0.2, 0.25) is 0 Å². The van der Waals surface area contributed by atoms with Gasteiger partial charge >= 0.3 is 0 Å². The third kappa shape index (κ3) is 3.22. The van der Waals surface area contributed by atoms with E-state index in [4.69, 9.17) is 0 Å². The highest BCUT2D eigenvalue weighted by atomic mass is 79.9. The van der Waals surface area contributed by atoms with Gasteiger partial charge in [0.1, 0.15) is 11.9 Å². The topological polar surface area (TPSA) is 75.3 Å². The third-order valence-electron chi connectivity index (χ3n) is 2.98. The molecule has 0 aliphatic carbocycles. The molecule has 0 spiro atoms. The molecule has 1 aromatic rings. The second-order valence-corrected chi connectivity index (χ2v) is 4.99. The maximum atomic E-state index is 13.8. The summed E-state index contributed by atoms with van der Waals surface area (Å²) in [4.78, 5) is 34.4. The van der Waals surface area contributed by atoms with Crippen LogP contribution >= 0.6 is 15.9 Å². The molecule has 1 unspecified atom stereocenters. The SMILES string of the molecule is O=C1CCC(NC(=O)c2ccc(CBr)cc2F)C(=O)N1. The van der Waals surface area contributed by atoms with Gasteiger partial charge in [-0.2, -0.15) is 0 Å². The molecule has 1 saturated heterocycles. The van der Waals surface area contributed by atoms with Crippen molar-refractivity contribution in [3.05, 3.63) is 35.1 Å². The molecule has 106 valence electrons. The highest BCUT2D eigenvalue weighted by Crippen LogP contribution is 2.14. The van der Waals surface area contributed by atoms with Gasteiger partial charge in [-0.15, -0.1) is 0 Å². The molecule has 1 fully saturated rings. The van der Waals surface area contributed by atoms with E-state index in [-0.39, 0.29) is 24.3 Å². The number of nitrogens with one attached hydrogen (secondary N) is 2. The minimum Gasteiger partial charge on any atom is -0.340 e. The number of carbonyl (C=O) groups is 3. The summed E-state index contributed by atoms with van der Waals surface area (Å²) >= 11 is 3.19. The molecule has 0 aromatic heterocycles. The maximum Gasteiger partial charge on any atom is 0.254 e. The van der Waals surface area contributed by atoms with Gasteiger partial charge < -0.3 is 5.32 Å². The number of piperidine rings is 1. The summed E-state index contributed by atoms with van der Waals surface area (Å²) in [6, 6.07) is 3.44. The Kier molecular flexibility index (Phi) is 4.49. The largest absolute Gasteiger partial charge is 0.340 e. The van der Waals surface area contributed by atoms with E-state index in [9.17, 15) is 18.8 Å². The van der Waals surface area contributed by atoms with E-state index >= 15 is 0 Å². The molecular weight excluding hydrogens is 331 g/mol. The van der Waals surface area contributed by atoms with Crippen LogP contribution in [0.25, 0.3) is 0 Å². The number of hydrogen-bond acceptors (Lipinski definition) is 3. The van der Waals surface area contributed by atoms with Gasteiger partial charge in [-0.05, 0) is 24.1 Å². The maximum absolute atomic E-state index is 13.8. The molecule has 7 heteroatoms. The van der Waals surface area contributed by atoms with Crippen molar-refractivity contribution in [3.63, 3.8) is 0 Å². The standard InChI is InChI=1S/C13H12BrFN2O3/c14-6-7-1-2-8(9(15)5-7)12(19)16-10-3-4-11(18)17-13(10)20/h1-2,5,10H,3-4,6H2,(H,16,19)(H,17,18,20). The minimum atomic E-state index is -0.810. The van der Waals surface area contributed by atoms with Crippen LogP contribution in [0.4, 0.5) is 4.39 Å². The van der Waals surface area contributed by atoms with Crippen molar-refractivity contribution in [2.24, 2.45) is 0 Å². The zero-order valence-corrected chi connectivity index (χ0v) is 12.0. The molecular formula is C13H12BrFN2O3. The summed E-state index contributed by atoms with van der Waals surface area (Å²) in [5.41, 5.74) is 0.583. The van der Waals surface area contributed by atoms with E-state index in [0.717, 1.165) is 0 Å². The van der Waals surface area contributed by atoms with Crippen molar-refractivity contribution in [1.29, 1.82) is 0 Å². The Morgan fingerprint density at radius 1 is 1.45 bits per heavy atom. The molecule has 1 heterocycles. The molecule has 1 atom stereocenters. The monoisotopic (exact) mass is 342 g/mol. The van der Waals surface area contributed by atoms with E-state index in [2.05, 4.69) is 26.6 Å². The average molecular weight is 343 g/mol. The van der Waals surface area contributed by atoms with Crippen molar-refractivity contribution < 1.29 is 18.8 Å². The van der Waals surface area contributed by atoms with Crippen molar-refractivity contribution in [2.45, 2.75) is 24.2 Å². The third-order valence-corrected chi connectivity index (χ3v) is 3.62. The van der Waals surface area contributed by atoms with Crippen molar-refractivity contribution >= 4 is 33.7 Å². The lowest BCUT2D eigenvalue weighted by Crippen LogP contribution is -2.52. The summed E-state index contributed by atoms with van der Waals surface area (Å²) in [5, 5.41) is 5.04. The second-order valence-electron chi connectivity index (χ2n) is 4.42. The van der Waals surface area contributed by atoms with Gasteiger partial charge in [-0.3, -0.25) is 19.7 Å². The van der Waals surface area contributed by atoms with Gasteiger partial charge in [0.15, 0.2) is 0 Å². The first-order chi connectivity index (χ1) is 9.51. The lowest BCUT2D eigenvalue weighted by atomic mass is 10.0. The zero-order valence-electron chi connectivity index (χ0n) is 10.4. The number of halogens is 2. The summed E-state index contributed by atoms with van der Waals surface area (Å²) in [7, 11) is 0. The summed E-state index contributed by atoms with van der Waals surface area (Å²) < 4.78 is 13.8. The first kappa shape index (κ1) is 14.6. The highest BCUT2D eigenvalue weighted by molar-refractivity contribution is 9.08. The van der Waals surface area contributed by atoms with Crippen LogP contribution in [0.1, 0.15) is 28.8 Å². The van der Waals surface area contributed by atoms with E-state index in [1.54, 1.807) is 6.07 Å². The van der Waals surface area contributed by atoms with Crippen LogP contribution in [0.15, 0.2) is 18.2 Å². The predicted octanol–water partition coefficient (Wildman–Crippen LogP) is 1.26. The Labute approximate surface area is 123 Å². The van der Waals surface area contributed by atoms with E-state index in [0.29, 0.717) is 10.9 Å². The van der Waals surface area contributed by atoms with Crippen LogP contribution in [0, 0.1) is 5.82 Å². The quantitative estimate of drug-likeness (QED) is 0.641. The molecule has 1 aliphatic rings. The molecule has 3 amide bonds. The smallest absolute Gasteiger partial charge is 0.254 e. The van der Waals surface area contributed by atoms with E-state index < -0.39 is 23.7 Å². The Morgan fingerprint density at radius 3 is 2.80 bits per heavy atom. The molecule has 5 nitrogen and oxygen atoms in total. The first-order valence-corrected chi connectivity index (χ1v) is 7.12. The molecule has 0 radical (unpaired) electrons. The molecule has 0 bridgehead atoms. The Hall–Kier alpha value is -1.76. The minimum absolute atomic E-state index is 0.126. The number of hydrogen-bond donors (Lipinski definition) is 2. The number of rotatable bonds is 3. The summed E-state index contributed by atoms with van der Waals surface area (Å²) in [6.07, 6.45) is 0.374. The fourth-order valence-electron chi connectivity index (χ4n) is 1.89. The van der Waals surface area contributed by atoms with Gasteiger partial charge in [-0.1, -0.05) is 22.0 Å². The van der Waals surface area contributed by atoms with Crippen LogP contribution in [0.3, 0.4) is 0 Å². The molecule has 2 rings (SSSR count). The van der Waals surface area contributed by atoms with Gasteiger partial charge in [0.25, 0.3) is 5.91 Å². The first-order valence-electron chi connectivity index (χ1n) is 6.00. The van der Waals surface area contributed by atoms with Gasteiger partial charge in [0, 0.05) is 11.8 Å². The van der Waals surface area contributed by atoms with E-state index in [1.807, 2.05) is 0 Å². The highest BCUT2D eigenvalue weighted by Gasteiger charge is 2.28. The number of imide groups is 1. The number of carbonyl (C=O) groups excluding carboxylic acids is 3. The second kappa shape index (κ2) is 6.13. The van der Waals surface area contributed by atoms with Gasteiger partial charge in [0.05, 0.1) is 5.56 Å². The van der Waals surface area contributed by atoms with Gasteiger partial charge in [-0.25, -0.2) is 4.39 Å². The van der Waals surface area contributed by atoms with E-state index in [1.165, 1.54) is 12.1 Å². The lowest BCUT2D eigenvalue weighted by molar-refractivity contribution is -0.134. The lowest BCUT2D eigenvalue weighted by Gasteiger charge is -2.21. The molecule has 0 saturated carbocycles. The van der Waals surface area contributed by atoms with Crippen molar-refractivity contribution in [1.82, 2.24) is 10.6 Å². The number of benzene rings is 1.